The number of benzene rings is 4. The number of rotatable bonds is 9. The Morgan fingerprint density at radius 3 is 2.53 bits per heavy atom. The minimum absolute atomic E-state index is 0.0218. The highest BCUT2D eigenvalue weighted by Crippen LogP contribution is 2.58. The van der Waals surface area contributed by atoms with E-state index in [1.54, 1.807) is 34.5 Å². The molecule has 1 fully saturated rings. The Bertz CT molecular complexity index is 2100. The topological polar surface area (TPSA) is 101 Å². The zero-order chi connectivity index (χ0) is 34.1. The number of halogens is 1. The molecule has 4 atom stereocenters. The van der Waals surface area contributed by atoms with Gasteiger partial charge in [-0.3, -0.25) is 19.2 Å². The van der Waals surface area contributed by atoms with Crippen LogP contribution in [0.3, 0.4) is 0 Å². The monoisotopic (exact) mass is 659 g/mol. The summed E-state index contributed by atoms with van der Waals surface area (Å²) in [4.78, 5) is 32.0. The first-order valence-electron chi connectivity index (χ1n) is 16.8. The van der Waals surface area contributed by atoms with Crippen molar-refractivity contribution in [3.8, 4) is 0 Å². The minimum Gasteiger partial charge on any atom is -0.396 e. The number of fused-ring (bicyclic) bond motifs is 2. The van der Waals surface area contributed by atoms with E-state index in [1.165, 1.54) is 0 Å². The number of carbonyl (C=O) groups is 2. The number of aryl methyl sites for hydroxylation is 1. The van der Waals surface area contributed by atoms with Gasteiger partial charge in [-0.2, -0.15) is 0 Å². The lowest BCUT2D eigenvalue weighted by Gasteiger charge is -2.32. The number of ether oxygens (including phenoxy) is 1. The molecule has 9 nitrogen and oxygen atoms in total. The number of amides is 2. The van der Waals surface area contributed by atoms with Crippen LogP contribution in [0.2, 0.25) is 0 Å². The SMILES string of the molecule is C[C@H]1[C@H](C(C)(C)F)[C@@H](CCn2cc(CCO)nn2)O[C@]12C(=O)N(Cc1cccc(N3C(=O)c4cccc5cccc3c45)c1)c1ccccc12. The maximum Gasteiger partial charge on any atom is 0.264 e. The van der Waals surface area contributed by atoms with Crippen molar-refractivity contribution in [2.45, 2.75) is 64.1 Å². The molecule has 49 heavy (non-hydrogen) atoms. The van der Waals surface area contributed by atoms with E-state index in [0.29, 0.717) is 30.6 Å². The highest BCUT2D eigenvalue weighted by Gasteiger charge is 2.66. The Labute approximate surface area is 283 Å². The summed E-state index contributed by atoms with van der Waals surface area (Å²) < 4.78 is 24.6. The van der Waals surface area contributed by atoms with Crippen molar-refractivity contribution in [1.82, 2.24) is 15.0 Å². The van der Waals surface area contributed by atoms with E-state index in [0.717, 1.165) is 39.0 Å². The van der Waals surface area contributed by atoms with E-state index in [-0.39, 0.29) is 25.0 Å². The summed E-state index contributed by atoms with van der Waals surface area (Å²) in [6.07, 6.45) is 2.05. The third-order valence-electron chi connectivity index (χ3n) is 10.5. The first-order valence-corrected chi connectivity index (χ1v) is 16.8. The summed E-state index contributed by atoms with van der Waals surface area (Å²) in [5.41, 5.74) is 2.25. The lowest BCUT2D eigenvalue weighted by Crippen LogP contribution is -2.45. The first kappa shape index (κ1) is 31.3. The molecule has 2 amide bonds. The second kappa shape index (κ2) is 11.6. The number of aliphatic hydroxyl groups is 1. The van der Waals surface area contributed by atoms with Crippen LogP contribution in [0.5, 0.6) is 0 Å². The molecule has 1 spiro atoms. The van der Waals surface area contributed by atoms with Gasteiger partial charge in [0, 0.05) is 54.2 Å². The van der Waals surface area contributed by atoms with Crippen molar-refractivity contribution in [3.05, 3.63) is 114 Å². The number of aromatic nitrogens is 3. The van der Waals surface area contributed by atoms with Gasteiger partial charge >= 0.3 is 0 Å². The summed E-state index contributed by atoms with van der Waals surface area (Å²) in [6, 6.07) is 27.1. The fourth-order valence-corrected chi connectivity index (χ4v) is 8.51. The number of para-hydroxylation sites is 1. The van der Waals surface area contributed by atoms with Crippen LogP contribution in [0.25, 0.3) is 10.8 Å². The highest BCUT2D eigenvalue weighted by molar-refractivity contribution is 6.27. The van der Waals surface area contributed by atoms with Crippen LogP contribution < -0.4 is 9.80 Å². The third-order valence-corrected chi connectivity index (χ3v) is 10.5. The van der Waals surface area contributed by atoms with Crippen LogP contribution in [0.4, 0.5) is 21.5 Å². The molecule has 0 aliphatic carbocycles. The summed E-state index contributed by atoms with van der Waals surface area (Å²) >= 11 is 0. The highest BCUT2D eigenvalue weighted by atomic mass is 19.1. The molecule has 10 heteroatoms. The standard InChI is InChI=1S/C39H38FN5O4/c1-24-35(38(2,3)40)33(17-19-43-23-27(18-20-46)41-42-43)49-39(24)30-14-4-5-15-31(30)44(37(39)48)22-25-9-6-12-28(21-25)45-32-16-8-11-26-10-7-13-29(34(26)32)36(45)47/h4-16,21,23-24,33,35,46H,17-20,22H2,1-3H3/t24-,33+,35-,39+/m0/s1. The van der Waals surface area contributed by atoms with Gasteiger partial charge in [0.15, 0.2) is 5.60 Å². The van der Waals surface area contributed by atoms with Gasteiger partial charge in [-0.1, -0.05) is 66.7 Å². The first-order chi connectivity index (χ1) is 23.6. The predicted octanol–water partition coefficient (Wildman–Crippen LogP) is 6.49. The van der Waals surface area contributed by atoms with Gasteiger partial charge in [-0.05, 0) is 61.5 Å². The molecule has 4 aromatic carbocycles. The molecule has 250 valence electrons. The Morgan fingerprint density at radius 1 is 0.980 bits per heavy atom. The number of hydrogen-bond acceptors (Lipinski definition) is 6. The lowest BCUT2D eigenvalue weighted by atomic mass is 9.71. The average Bonchev–Trinajstić information content (AvgIpc) is 3.80. The molecule has 4 heterocycles. The Hall–Kier alpha value is -4.93. The smallest absolute Gasteiger partial charge is 0.264 e. The maximum absolute atomic E-state index is 16.1. The second-order valence-electron chi connectivity index (χ2n) is 13.9. The lowest BCUT2D eigenvalue weighted by molar-refractivity contribution is -0.146. The van der Waals surface area contributed by atoms with Gasteiger partial charge in [0.2, 0.25) is 0 Å². The number of aliphatic hydroxyl groups excluding tert-OH is 1. The molecule has 1 aromatic heterocycles. The van der Waals surface area contributed by atoms with Gasteiger partial charge in [0.25, 0.3) is 11.8 Å². The molecule has 8 rings (SSSR count). The fraction of sp³-hybridized carbons (Fsp3) is 0.333. The van der Waals surface area contributed by atoms with Crippen LogP contribution >= 0.6 is 0 Å². The van der Waals surface area contributed by atoms with Crippen LogP contribution in [0.1, 0.15) is 54.4 Å². The normalized spacial score (nSPS) is 23.0. The summed E-state index contributed by atoms with van der Waals surface area (Å²) in [7, 11) is 0. The molecule has 3 aliphatic heterocycles. The van der Waals surface area contributed by atoms with E-state index in [1.807, 2.05) is 91.9 Å². The van der Waals surface area contributed by atoms with Crippen LogP contribution in [0, 0.1) is 11.8 Å². The number of alkyl halides is 1. The number of carbonyl (C=O) groups excluding carboxylic acids is 2. The Balaban J connectivity index is 1.11. The molecule has 1 saturated heterocycles. The molecule has 0 bridgehead atoms. The largest absolute Gasteiger partial charge is 0.396 e. The summed E-state index contributed by atoms with van der Waals surface area (Å²) in [5.74, 6) is -1.34. The van der Waals surface area contributed by atoms with Gasteiger partial charge in [0.1, 0.15) is 5.67 Å². The summed E-state index contributed by atoms with van der Waals surface area (Å²) in [5, 5.41) is 19.5. The Morgan fingerprint density at radius 2 is 1.73 bits per heavy atom. The van der Waals surface area contributed by atoms with Gasteiger partial charge in [-0.25, -0.2) is 4.39 Å². The number of hydrogen-bond donors (Lipinski definition) is 1. The van der Waals surface area contributed by atoms with E-state index >= 15 is 4.39 Å². The maximum atomic E-state index is 16.1. The van der Waals surface area contributed by atoms with Crippen molar-refractivity contribution >= 4 is 39.6 Å². The molecule has 3 aliphatic rings. The van der Waals surface area contributed by atoms with Crippen molar-refractivity contribution in [3.63, 3.8) is 0 Å². The predicted molar refractivity (Wildman–Crippen MR) is 184 cm³/mol. The van der Waals surface area contributed by atoms with Crippen molar-refractivity contribution < 1.29 is 23.8 Å². The molecule has 0 radical (unpaired) electrons. The molecule has 5 aromatic rings. The zero-order valence-corrected chi connectivity index (χ0v) is 27.7. The Kier molecular flexibility index (Phi) is 7.42. The van der Waals surface area contributed by atoms with Crippen LogP contribution in [-0.4, -0.2) is 50.3 Å². The minimum atomic E-state index is -1.63. The van der Waals surface area contributed by atoms with E-state index < -0.39 is 29.2 Å². The van der Waals surface area contributed by atoms with E-state index in [4.69, 9.17) is 4.74 Å². The fourth-order valence-electron chi connectivity index (χ4n) is 8.51. The van der Waals surface area contributed by atoms with Crippen LogP contribution in [0.15, 0.2) is 91.1 Å². The second-order valence-corrected chi connectivity index (χ2v) is 13.9. The van der Waals surface area contributed by atoms with E-state index in [2.05, 4.69) is 10.3 Å². The quantitative estimate of drug-likeness (QED) is 0.194. The average molecular weight is 660 g/mol. The van der Waals surface area contributed by atoms with Crippen LogP contribution in [-0.2, 0) is 34.6 Å². The van der Waals surface area contributed by atoms with Gasteiger partial charge in [-0.15, -0.1) is 5.10 Å². The van der Waals surface area contributed by atoms with Crippen molar-refractivity contribution in [2.75, 3.05) is 16.4 Å². The molecule has 0 saturated carbocycles. The van der Waals surface area contributed by atoms with E-state index in [9.17, 15) is 14.7 Å². The number of nitrogens with zero attached hydrogens (tertiary/aromatic N) is 5. The van der Waals surface area contributed by atoms with Gasteiger partial charge < -0.3 is 14.7 Å². The molecule has 1 N–H and O–H groups in total. The third kappa shape index (κ3) is 4.88. The molecule has 0 unspecified atom stereocenters. The molecular formula is C39H38FN5O4. The van der Waals surface area contributed by atoms with Gasteiger partial charge in [0.05, 0.1) is 35.3 Å². The van der Waals surface area contributed by atoms with Crippen molar-refractivity contribution in [1.29, 1.82) is 0 Å². The number of anilines is 3. The summed E-state index contributed by atoms with van der Waals surface area (Å²) in [6.45, 7) is 5.71. The zero-order valence-electron chi connectivity index (χ0n) is 27.7. The van der Waals surface area contributed by atoms with Crippen molar-refractivity contribution in [2.24, 2.45) is 11.8 Å². The molecular weight excluding hydrogens is 621 g/mol.